The normalized spacial score (nSPS) is 24.5. The first-order chi connectivity index (χ1) is 5.91. The largest absolute Gasteiger partial charge is 0.416 e. The lowest BCUT2D eigenvalue weighted by Gasteiger charge is -2.33. The quantitative estimate of drug-likeness (QED) is 0.596. The van der Waals surface area contributed by atoms with Crippen LogP contribution in [0.4, 0.5) is 13.2 Å². The van der Waals surface area contributed by atoms with Crippen molar-refractivity contribution in [3.8, 4) is 0 Å². The highest BCUT2D eigenvalue weighted by atomic mass is 32.1. The molecule has 0 aliphatic carbocycles. The molecule has 2 N–H and O–H groups in total. The molecule has 0 aromatic rings. The number of nitrogens with two attached hydrogens (primary N) is 1. The summed E-state index contributed by atoms with van der Waals surface area (Å²) in [6, 6.07) is 0. The molecule has 7 heteroatoms. The summed E-state index contributed by atoms with van der Waals surface area (Å²) in [5.74, 6) is 0. The Hall–Kier alpha value is -0.560. The van der Waals surface area contributed by atoms with Gasteiger partial charge in [-0.15, -0.1) is 0 Å². The van der Waals surface area contributed by atoms with Crippen LogP contribution in [0.2, 0.25) is 0 Å². The predicted molar refractivity (Wildman–Crippen MR) is 44.2 cm³/mol. The second kappa shape index (κ2) is 3.67. The molecule has 1 aliphatic rings. The van der Waals surface area contributed by atoms with E-state index < -0.39 is 12.3 Å². The zero-order chi connectivity index (χ0) is 10.1. The van der Waals surface area contributed by atoms with E-state index in [2.05, 4.69) is 17.0 Å². The van der Waals surface area contributed by atoms with Gasteiger partial charge in [0.1, 0.15) is 0 Å². The van der Waals surface area contributed by atoms with Gasteiger partial charge in [0.25, 0.3) is 0 Å². The molecule has 1 saturated heterocycles. The Balaban J connectivity index is 2.57. The molecule has 1 heterocycles. The summed E-state index contributed by atoms with van der Waals surface area (Å²) >= 11 is 4.57. The Kier molecular flexibility index (Phi) is 2.97. The van der Waals surface area contributed by atoms with Crippen molar-refractivity contribution in [2.24, 2.45) is 5.73 Å². The molecule has 1 unspecified atom stereocenters. The minimum atomic E-state index is -4.34. The number of rotatable bonds is 0. The van der Waals surface area contributed by atoms with E-state index in [-0.39, 0.29) is 18.3 Å². The standard InChI is InChI=1S/C6H9F3N2OS/c7-6(8,9)4-3-11(5(10)13)1-2-12-4/h4H,1-3H2,(H2,10,13). The Morgan fingerprint density at radius 2 is 2.15 bits per heavy atom. The van der Waals surface area contributed by atoms with Crippen LogP contribution in [0.5, 0.6) is 0 Å². The van der Waals surface area contributed by atoms with Gasteiger partial charge in [-0.25, -0.2) is 0 Å². The van der Waals surface area contributed by atoms with E-state index in [0.717, 1.165) is 0 Å². The van der Waals surface area contributed by atoms with E-state index >= 15 is 0 Å². The monoisotopic (exact) mass is 214 g/mol. The third-order valence-electron chi connectivity index (χ3n) is 1.74. The van der Waals surface area contributed by atoms with Crippen molar-refractivity contribution in [1.82, 2.24) is 4.90 Å². The first-order valence-electron chi connectivity index (χ1n) is 3.64. The molecule has 0 saturated carbocycles. The Morgan fingerprint density at radius 3 is 2.62 bits per heavy atom. The second-order valence-corrected chi connectivity index (χ2v) is 3.10. The molecular weight excluding hydrogens is 205 g/mol. The van der Waals surface area contributed by atoms with E-state index in [9.17, 15) is 13.2 Å². The van der Waals surface area contributed by atoms with Crippen molar-refractivity contribution in [1.29, 1.82) is 0 Å². The molecule has 0 bridgehead atoms. The summed E-state index contributed by atoms with van der Waals surface area (Å²) in [6.45, 7) is 0.0161. The van der Waals surface area contributed by atoms with Crippen LogP contribution in [0.3, 0.4) is 0 Å². The molecule has 76 valence electrons. The Labute approximate surface area is 78.6 Å². The van der Waals surface area contributed by atoms with Crippen molar-refractivity contribution in [2.45, 2.75) is 12.3 Å². The summed E-state index contributed by atoms with van der Waals surface area (Å²) in [5.41, 5.74) is 5.21. The molecule has 0 radical (unpaired) electrons. The zero-order valence-corrected chi connectivity index (χ0v) is 7.49. The van der Waals surface area contributed by atoms with E-state index in [4.69, 9.17) is 5.73 Å². The summed E-state index contributed by atoms with van der Waals surface area (Å²) < 4.78 is 41.0. The molecule has 13 heavy (non-hydrogen) atoms. The number of halogens is 3. The van der Waals surface area contributed by atoms with Crippen molar-refractivity contribution in [3.63, 3.8) is 0 Å². The van der Waals surface area contributed by atoms with Crippen molar-refractivity contribution >= 4 is 17.3 Å². The predicted octanol–water partition coefficient (Wildman–Crippen LogP) is 0.493. The number of ether oxygens (including phenoxy) is 1. The number of nitrogens with zero attached hydrogens (tertiary/aromatic N) is 1. The fraction of sp³-hybridized carbons (Fsp3) is 0.833. The van der Waals surface area contributed by atoms with Crippen LogP contribution in [0.1, 0.15) is 0 Å². The van der Waals surface area contributed by atoms with Crippen LogP contribution < -0.4 is 5.73 Å². The molecule has 1 atom stereocenters. The zero-order valence-electron chi connectivity index (χ0n) is 6.67. The SMILES string of the molecule is NC(=S)N1CCOC(C(F)(F)F)C1. The van der Waals surface area contributed by atoms with E-state index in [1.54, 1.807) is 0 Å². The van der Waals surface area contributed by atoms with Gasteiger partial charge < -0.3 is 15.4 Å². The summed E-state index contributed by atoms with van der Waals surface area (Å²) in [6.07, 6.45) is -6.12. The van der Waals surface area contributed by atoms with Gasteiger partial charge in [-0.3, -0.25) is 0 Å². The van der Waals surface area contributed by atoms with Crippen LogP contribution in [0.15, 0.2) is 0 Å². The van der Waals surface area contributed by atoms with Gasteiger partial charge in [0.15, 0.2) is 11.2 Å². The molecule has 0 aromatic carbocycles. The maximum Gasteiger partial charge on any atom is 0.416 e. The molecular formula is C6H9F3N2OS. The van der Waals surface area contributed by atoms with Gasteiger partial charge in [0.05, 0.1) is 13.2 Å². The van der Waals surface area contributed by atoms with Crippen LogP contribution in [-0.2, 0) is 4.74 Å². The first-order valence-corrected chi connectivity index (χ1v) is 4.05. The summed E-state index contributed by atoms with van der Waals surface area (Å²) in [5, 5.41) is -0.0162. The maximum atomic E-state index is 12.1. The van der Waals surface area contributed by atoms with E-state index in [1.165, 1.54) is 4.90 Å². The van der Waals surface area contributed by atoms with E-state index in [0.29, 0.717) is 6.54 Å². The molecule has 0 spiro atoms. The average Bonchev–Trinajstić information content (AvgIpc) is 2.03. The van der Waals surface area contributed by atoms with Gasteiger partial charge in [-0.05, 0) is 12.2 Å². The van der Waals surface area contributed by atoms with Crippen molar-refractivity contribution in [2.75, 3.05) is 19.7 Å². The van der Waals surface area contributed by atoms with Crippen molar-refractivity contribution < 1.29 is 17.9 Å². The summed E-state index contributed by atoms with van der Waals surface area (Å²) in [4.78, 5) is 1.29. The Bertz CT molecular complexity index is 209. The molecule has 1 rings (SSSR count). The Morgan fingerprint density at radius 1 is 1.54 bits per heavy atom. The summed E-state index contributed by atoms with van der Waals surface area (Å²) in [7, 11) is 0. The maximum absolute atomic E-state index is 12.1. The highest BCUT2D eigenvalue weighted by Crippen LogP contribution is 2.25. The third-order valence-corrected chi connectivity index (χ3v) is 2.00. The van der Waals surface area contributed by atoms with Crippen LogP contribution in [0.25, 0.3) is 0 Å². The number of hydrogen-bond acceptors (Lipinski definition) is 2. The fourth-order valence-corrected chi connectivity index (χ4v) is 1.21. The first kappa shape index (κ1) is 10.5. The number of alkyl halides is 3. The van der Waals surface area contributed by atoms with Crippen LogP contribution >= 0.6 is 12.2 Å². The number of hydrogen-bond donors (Lipinski definition) is 1. The van der Waals surface area contributed by atoms with Gasteiger partial charge in [-0.1, -0.05) is 0 Å². The molecule has 0 amide bonds. The molecule has 1 aliphatic heterocycles. The second-order valence-electron chi connectivity index (χ2n) is 2.69. The van der Waals surface area contributed by atoms with E-state index in [1.807, 2.05) is 0 Å². The highest BCUT2D eigenvalue weighted by Gasteiger charge is 2.43. The lowest BCUT2D eigenvalue weighted by molar-refractivity contribution is -0.232. The minimum Gasteiger partial charge on any atom is -0.376 e. The molecule has 0 aromatic heterocycles. The van der Waals surface area contributed by atoms with Gasteiger partial charge in [0.2, 0.25) is 0 Å². The smallest absolute Gasteiger partial charge is 0.376 e. The number of morpholine rings is 1. The molecule has 3 nitrogen and oxygen atoms in total. The van der Waals surface area contributed by atoms with Gasteiger partial charge in [-0.2, -0.15) is 13.2 Å². The lowest BCUT2D eigenvalue weighted by atomic mass is 10.3. The van der Waals surface area contributed by atoms with Crippen molar-refractivity contribution in [3.05, 3.63) is 0 Å². The van der Waals surface area contributed by atoms with Gasteiger partial charge in [0, 0.05) is 6.54 Å². The molecule has 1 fully saturated rings. The van der Waals surface area contributed by atoms with Gasteiger partial charge >= 0.3 is 6.18 Å². The third kappa shape index (κ3) is 2.70. The number of thiocarbonyl (C=S) groups is 1. The lowest BCUT2D eigenvalue weighted by Crippen LogP contribution is -2.52. The van der Waals surface area contributed by atoms with Crippen LogP contribution in [0, 0.1) is 0 Å². The fourth-order valence-electron chi connectivity index (χ4n) is 1.05. The topological polar surface area (TPSA) is 38.5 Å². The average molecular weight is 214 g/mol. The van der Waals surface area contributed by atoms with Crippen LogP contribution in [-0.4, -0.2) is 42.0 Å². The highest BCUT2D eigenvalue weighted by molar-refractivity contribution is 7.80. The minimum absolute atomic E-state index is 0.00150.